The van der Waals surface area contributed by atoms with Crippen molar-refractivity contribution in [3.63, 3.8) is 0 Å². The van der Waals surface area contributed by atoms with Crippen molar-refractivity contribution in [3.8, 4) is 23.5 Å². The highest BCUT2D eigenvalue weighted by molar-refractivity contribution is 9.10. The highest BCUT2D eigenvalue weighted by Crippen LogP contribution is 2.44. The molecule has 0 spiro atoms. The minimum Gasteiger partial charge on any atom is -0.424 e. The Balaban J connectivity index is 0.000000143. The van der Waals surface area contributed by atoms with Gasteiger partial charge in [0.2, 0.25) is 4.73 Å². The number of rotatable bonds is 8. The first kappa shape index (κ1) is 44.6. The number of anilines is 2. The van der Waals surface area contributed by atoms with Crippen LogP contribution in [0, 0.1) is 55.1 Å². The van der Waals surface area contributed by atoms with E-state index in [0.29, 0.717) is 74.2 Å². The molecule has 0 amide bonds. The van der Waals surface area contributed by atoms with Gasteiger partial charge in [-0.3, -0.25) is 0 Å². The molecule has 4 fully saturated rings. The minimum absolute atomic E-state index is 0.303. The van der Waals surface area contributed by atoms with Crippen molar-refractivity contribution in [2.24, 2.45) is 49.4 Å². The maximum absolute atomic E-state index is 13.7. The summed E-state index contributed by atoms with van der Waals surface area (Å²) in [4.78, 5) is 29.8. The third kappa shape index (κ3) is 11.0. The smallest absolute Gasteiger partial charge is 0.321 e. The van der Waals surface area contributed by atoms with Crippen LogP contribution in [0.25, 0.3) is 0 Å². The Bertz CT molecular complexity index is 2480. The molecule has 4 unspecified atom stereocenters. The van der Waals surface area contributed by atoms with Crippen molar-refractivity contribution < 1.29 is 18.3 Å². The molecule has 2 aromatic carbocycles. The van der Waals surface area contributed by atoms with Gasteiger partial charge in [0.15, 0.2) is 5.82 Å². The van der Waals surface area contributed by atoms with Gasteiger partial charge in [-0.15, -0.1) is 5.10 Å². The Morgan fingerprint density at radius 3 is 1.57 bits per heavy atom. The predicted octanol–water partition coefficient (Wildman–Crippen LogP) is 8.32. The second kappa shape index (κ2) is 19.4. The average Bonchev–Trinajstić information content (AvgIpc) is 3.85. The molecule has 4 bridgehead atoms. The number of piperidine rings is 2. The molecular weight excluding hydrogens is 919 g/mol. The summed E-state index contributed by atoms with van der Waals surface area (Å²) in [5, 5.41) is 9.50. The van der Waals surface area contributed by atoms with E-state index in [1.807, 2.05) is 19.1 Å². The summed E-state index contributed by atoms with van der Waals surface area (Å²) < 4.78 is 41.5. The fourth-order valence-electron chi connectivity index (χ4n) is 9.27. The molecule has 2 aliphatic carbocycles. The van der Waals surface area contributed by atoms with Crippen molar-refractivity contribution >= 4 is 50.8 Å². The third-order valence-corrected chi connectivity index (χ3v) is 12.9. The number of halogens is 5. The van der Waals surface area contributed by atoms with E-state index in [-0.39, 0.29) is 11.6 Å². The average molecular weight is 968 g/mol. The van der Waals surface area contributed by atoms with Crippen LogP contribution in [0.4, 0.5) is 20.4 Å². The number of hydrogen-bond donors (Lipinski definition) is 1. The third-order valence-electron chi connectivity index (χ3n) is 12.2. The van der Waals surface area contributed by atoms with E-state index < -0.39 is 0 Å². The first-order valence-corrected chi connectivity index (χ1v) is 22.3. The lowest BCUT2D eigenvalue weighted by Gasteiger charge is -2.38. The van der Waals surface area contributed by atoms with Gasteiger partial charge in [0.25, 0.3) is 0 Å². The van der Waals surface area contributed by atoms with Crippen LogP contribution in [0.3, 0.4) is 0 Å². The fraction of sp³-hybridized carbons (Fsp3) is 0.442. The van der Waals surface area contributed by atoms with Gasteiger partial charge in [0.05, 0.1) is 0 Å². The van der Waals surface area contributed by atoms with E-state index in [1.54, 1.807) is 37.8 Å². The summed E-state index contributed by atoms with van der Waals surface area (Å²) in [7, 11) is 3.49. The number of ether oxygens (including phenoxy) is 2. The fourth-order valence-corrected chi connectivity index (χ4v) is 9.94. The molecule has 4 atom stereocenters. The van der Waals surface area contributed by atoms with Crippen molar-refractivity contribution in [3.05, 3.63) is 105 Å². The van der Waals surface area contributed by atoms with Crippen molar-refractivity contribution in [2.75, 3.05) is 36.0 Å². The number of nitrogens with zero attached hydrogens (tertiary/aromatic N) is 12. The summed E-state index contributed by atoms with van der Waals surface area (Å²) in [6.45, 7) is 7.54. The Hall–Kier alpha value is -5.04. The first-order valence-electron chi connectivity index (χ1n) is 20.8. The lowest BCUT2D eigenvalue weighted by Crippen LogP contribution is -2.49. The summed E-state index contributed by atoms with van der Waals surface area (Å²) in [5.74, 6) is 5.65. The standard InChI is InChI=1S/C22H24ClFN6O.C11H15ClN4.C10H9BrFN3O/c1-13-5-16(24)7-17(6-13)31-22-27-20(28-29(22)2)8-18-14-3-4-15(18)11-30(10-14)21-9-19(23)25-12-26-21;12-9-3-10(15-6-14-9)16-4-7-1-2-8(5-16)11(7)13;1-6-3-7(12)5-8(4-6)16-10-13-9(11)14-15(10)2/h5-7,9,12,14-15,18H,3-4,8,10-11H2,1-2H3;3,6-8,11H,1-2,4-5,13H2;3-5H,1-2H3. The second-order valence-corrected chi connectivity index (χ2v) is 18.2. The Morgan fingerprint density at radius 1 is 0.651 bits per heavy atom. The molecule has 2 saturated carbocycles. The maximum atomic E-state index is 13.7. The predicted molar refractivity (Wildman–Crippen MR) is 238 cm³/mol. The van der Waals surface area contributed by atoms with Gasteiger partial charge in [-0.05, 0) is 120 Å². The summed E-state index contributed by atoms with van der Waals surface area (Å²) in [6, 6.07) is 13.8. The number of hydrogen-bond acceptors (Lipinski definition) is 13. The summed E-state index contributed by atoms with van der Waals surface area (Å²) >= 11 is 15.1. The molecule has 20 heteroatoms. The molecule has 332 valence electrons. The molecule has 2 aliphatic heterocycles. The van der Waals surface area contributed by atoms with Crippen LogP contribution in [-0.4, -0.2) is 81.7 Å². The molecule has 6 heterocycles. The Kier molecular flexibility index (Phi) is 13.7. The van der Waals surface area contributed by atoms with Gasteiger partial charge in [-0.2, -0.15) is 15.1 Å². The van der Waals surface area contributed by atoms with Gasteiger partial charge in [-0.25, -0.2) is 38.1 Å². The number of fused-ring (bicyclic) bond motifs is 4. The first-order chi connectivity index (χ1) is 30.2. The van der Waals surface area contributed by atoms with Gasteiger partial charge in [-0.1, -0.05) is 23.2 Å². The van der Waals surface area contributed by atoms with E-state index in [9.17, 15) is 8.78 Å². The summed E-state index contributed by atoms with van der Waals surface area (Å²) in [6.07, 6.45) is 8.75. The topological polar surface area (TPSA) is 164 Å². The van der Waals surface area contributed by atoms with Crippen molar-refractivity contribution in [2.45, 2.75) is 52.0 Å². The van der Waals surface area contributed by atoms with Crippen LogP contribution < -0.4 is 25.0 Å². The van der Waals surface area contributed by atoms with Crippen LogP contribution in [0.1, 0.15) is 42.6 Å². The zero-order chi connectivity index (χ0) is 44.4. The lowest BCUT2D eigenvalue weighted by molar-refractivity contribution is 0.264. The van der Waals surface area contributed by atoms with E-state index in [1.165, 1.54) is 67.3 Å². The van der Waals surface area contributed by atoms with Crippen molar-refractivity contribution in [1.29, 1.82) is 0 Å². The SMILES string of the molecule is Cc1cc(F)cc(Oc2nc(Br)nn2C)c1.Cc1cc(F)cc(Oc2nc(CC3C4CCC3CN(c3cc(Cl)ncn3)C4)nn2C)c1.NC1C2CCC1CN(c1cc(Cl)ncn1)C2. The molecule has 15 nitrogen and oxygen atoms in total. The molecule has 2 N–H and O–H groups in total. The van der Waals surface area contributed by atoms with Crippen LogP contribution >= 0.6 is 39.1 Å². The Morgan fingerprint density at radius 2 is 1.11 bits per heavy atom. The monoisotopic (exact) mass is 965 g/mol. The number of benzene rings is 2. The van der Waals surface area contributed by atoms with E-state index >= 15 is 0 Å². The number of aryl methyl sites for hydroxylation is 4. The molecule has 2 saturated heterocycles. The van der Waals surface area contributed by atoms with E-state index in [0.717, 1.165) is 61.2 Å². The highest BCUT2D eigenvalue weighted by Gasteiger charge is 2.43. The number of nitrogens with two attached hydrogens (primary N) is 1. The van der Waals surface area contributed by atoms with Gasteiger partial charge in [0, 0.05) is 77.0 Å². The second-order valence-electron chi connectivity index (χ2n) is 16.7. The van der Waals surface area contributed by atoms with E-state index in [2.05, 4.69) is 65.8 Å². The quantitative estimate of drug-likeness (QED) is 0.145. The van der Waals surface area contributed by atoms with Crippen LogP contribution in [0.2, 0.25) is 10.3 Å². The van der Waals surface area contributed by atoms with Gasteiger partial charge < -0.3 is 25.0 Å². The molecule has 4 aromatic heterocycles. The van der Waals surface area contributed by atoms with Crippen LogP contribution in [-0.2, 0) is 20.5 Å². The lowest BCUT2D eigenvalue weighted by atomic mass is 9.82. The van der Waals surface area contributed by atoms with Gasteiger partial charge in [0.1, 0.15) is 57.7 Å². The molecular formula is C43H48BrCl2F2N13O2. The van der Waals surface area contributed by atoms with Crippen LogP contribution in [0.5, 0.6) is 23.5 Å². The number of aromatic nitrogens is 10. The molecule has 4 aliphatic rings. The Labute approximate surface area is 382 Å². The zero-order valence-electron chi connectivity index (χ0n) is 35.3. The molecule has 6 aromatic rings. The van der Waals surface area contributed by atoms with Gasteiger partial charge >= 0.3 is 12.0 Å². The zero-order valence-corrected chi connectivity index (χ0v) is 38.3. The molecule has 10 rings (SSSR count). The summed E-state index contributed by atoms with van der Waals surface area (Å²) in [5.41, 5.74) is 7.75. The normalized spacial score (nSPS) is 22.3. The van der Waals surface area contributed by atoms with Crippen LogP contribution in [0.15, 0.2) is 65.9 Å². The maximum Gasteiger partial charge on any atom is 0.321 e. The molecule has 0 radical (unpaired) electrons. The van der Waals surface area contributed by atoms with Crippen molar-refractivity contribution in [1.82, 2.24) is 49.5 Å². The highest BCUT2D eigenvalue weighted by atomic mass is 79.9. The minimum atomic E-state index is -0.337. The van der Waals surface area contributed by atoms with E-state index in [4.69, 9.17) is 38.4 Å². The largest absolute Gasteiger partial charge is 0.424 e. The molecule has 63 heavy (non-hydrogen) atoms.